The van der Waals surface area contributed by atoms with Crippen LogP contribution in [0.5, 0.6) is 5.75 Å². The third kappa shape index (κ3) is 3.90. The Bertz CT molecular complexity index is 681. The Morgan fingerprint density at radius 1 is 1.29 bits per heavy atom. The van der Waals surface area contributed by atoms with Gasteiger partial charge in [0, 0.05) is 18.3 Å². The number of halogens is 1. The van der Waals surface area contributed by atoms with Crippen molar-refractivity contribution in [2.75, 3.05) is 18.6 Å². The fourth-order valence-electron chi connectivity index (χ4n) is 2.93. The molecule has 3 rings (SSSR count). The number of anilines is 2. The maximum absolute atomic E-state index is 5.48. The molecular weight excluding hydrogens is 384 g/mol. The maximum atomic E-state index is 5.48. The fourth-order valence-corrected chi connectivity index (χ4v) is 4.35. The predicted octanol–water partition coefficient (Wildman–Crippen LogP) is 5.76. The van der Waals surface area contributed by atoms with Crippen molar-refractivity contribution in [3.63, 3.8) is 0 Å². The Hall–Kier alpha value is -1.17. The van der Waals surface area contributed by atoms with Gasteiger partial charge in [-0.1, -0.05) is 38.0 Å². The molecule has 0 aromatic heterocycles. The minimum absolute atomic E-state index is 0.451. The molecule has 2 aromatic rings. The first-order valence-electron chi connectivity index (χ1n) is 8.35. The van der Waals surface area contributed by atoms with Gasteiger partial charge in [0.05, 0.1) is 22.2 Å². The molecule has 1 aliphatic heterocycles. The minimum atomic E-state index is 0.451. The van der Waals surface area contributed by atoms with E-state index in [0.29, 0.717) is 6.04 Å². The highest BCUT2D eigenvalue weighted by Gasteiger charge is 2.24. The summed E-state index contributed by atoms with van der Waals surface area (Å²) in [7, 11) is 1.71. The first-order valence-corrected chi connectivity index (χ1v) is 9.96. The molecule has 0 radical (unpaired) electrons. The summed E-state index contributed by atoms with van der Waals surface area (Å²) < 4.78 is 10.1. The number of rotatable bonds is 5. The average Bonchev–Trinajstić information content (AvgIpc) is 2.79. The zero-order valence-corrected chi connectivity index (χ0v) is 16.5. The van der Waals surface area contributed by atoms with Crippen molar-refractivity contribution in [1.82, 2.24) is 4.72 Å². The summed E-state index contributed by atoms with van der Waals surface area (Å²) in [5, 5.41) is 0. The van der Waals surface area contributed by atoms with Gasteiger partial charge in [0.15, 0.2) is 0 Å². The second kappa shape index (κ2) is 8.28. The molecule has 0 saturated carbocycles. The van der Waals surface area contributed by atoms with Crippen molar-refractivity contribution in [1.29, 1.82) is 0 Å². The van der Waals surface area contributed by atoms with Crippen LogP contribution in [-0.2, 0) is 0 Å². The quantitative estimate of drug-likeness (QED) is 0.637. The number of fused-ring (bicyclic) bond motifs is 1. The molecule has 0 bridgehead atoms. The molecule has 5 heteroatoms. The second-order valence-corrected chi connectivity index (χ2v) is 7.69. The van der Waals surface area contributed by atoms with Crippen LogP contribution in [0.15, 0.2) is 51.8 Å². The summed E-state index contributed by atoms with van der Waals surface area (Å²) in [5.74, 6) is 0.864. The summed E-state index contributed by atoms with van der Waals surface area (Å²) >= 11 is 5.35. The van der Waals surface area contributed by atoms with Crippen LogP contribution >= 0.6 is 27.9 Å². The SMILES string of the molecule is CCCCC1CN(c2ccccc2)c2cc(Br)c(OC)cc2SN1. The first kappa shape index (κ1) is 17.6. The highest BCUT2D eigenvalue weighted by Crippen LogP contribution is 2.42. The summed E-state index contributed by atoms with van der Waals surface area (Å²) in [5.41, 5.74) is 2.44. The molecule has 0 aliphatic carbocycles. The number of nitrogens with one attached hydrogen (secondary N) is 1. The molecule has 0 fully saturated rings. The van der Waals surface area contributed by atoms with Crippen molar-refractivity contribution in [2.24, 2.45) is 0 Å². The lowest BCUT2D eigenvalue weighted by Crippen LogP contribution is -2.34. The monoisotopic (exact) mass is 406 g/mol. The Morgan fingerprint density at radius 3 is 2.79 bits per heavy atom. The molecule has 1 heterocycles. The number of hydrogen-bond acceptors (Lipinski definition) is 4. The standard InChI is InChI=1S/C19H23BrN2OS/c1-3-4-8-14-13-22(15-9-6-5-7-10-15)17-11-16(20)18(23-2)12-19(17)24-21-14/h5-7,9-12,14,21H,3-4,8,13H2,1-2H3. The molecule has 128 valence electrons. The third-order valence-electron chi connectivity index (χ3n) is 4.24. The topological polar surface area (TPSA) is 24.5 Å². The zero-order chi connectivity index (χ0) is 16.9. The molecule has 0 spiro atoms. The van der Waals surface area contributed by atoms with E-state index >= 15 is 0 Å². The molecule has 3 nitrogen and oxygen atoms in total. The van der Waals surface area contributed by atoms with E-state index in [-0.39, 0.29) is 0 Å². The number of ether oxygens (including phenoxy) is 1. The number of para-hydroxylation sites is 1. The summed E-state index contributed by atoms with van der Waals surface area (Å²) in [4.78, 5) is 3.60. The van der Waals surface area contributed by atoms with Crippen LogP contribution in [0.2, 0.25) is 0 Å². The Kier molecular flexibility index (Phi) is 6.09. The van der Waals surface area contributed by atoms with Crippen LogP contribution < -0.4 is 14.4 Å². The second-order valence-electron chi connectivity index (χ2n) is 5.96. The molecule has 1 N–H and O–H groups in total. The Morgan fingerprint density at radius 2 is 2.08 bits per heavy atom. The predicted molar refractivity (Wildman–Crippen MR) is 106 cm³/mol. The van der Waals surface area contributed by atoms with E-state index in [4.69, 9.17) is 4.74 Å². The molecule has 0 saturated heterocycles. The van der Waals surface area contributed by atoms with Gasteiger partial charge in [-0.3, -0.25) is 4.72 Å². The lowest BCUT2D eigenvalue weighted by Gasteiger charge is -2.27. The zero-order valence-electron chi connectivity index (χ0n) is 14.1. The van der Waals surface area contributed by atoms with Gasteiger partial charge in [0.2, 0.25) is 0 Å². The van der Waals surface area contributed by atoms with Crippen molar-refractivity contribution in [2.45, 2.75) is 37.1 Å². The number of nitrogens with zero attached hydrogens (tertiary/aromatic N) is 1. The van der Waals surface area contributed by atoms with Crippen molar-refractivity contribution >= 4 is 39.3 Å². The Balaban J connectivity index is 2.00. The van der Waals surface area contributed by atoms with Crippen molar-refractivity contribution < 1.29 is 4.74 Å². The van der Waals surface area contributed by atoms with Gasteiger partial charge in [-0.05, 0) is 58.6 Å². The highest BCUT2D eigenvalue weighted by atomic mass is 79.9. The van der Waals surface area contributed by atoms with Crippen LogP contribution in [0.1, 0.15) is 26.2 Å². The smallest absolute Gasteiger partial charge is 0.134 e. The van der Waals surface area contributed by atoms with E-state index in [9.17, 15) is 0 Å². The molecule has 24 heavy (non-hydrogen) atoms. The van der Waals surface area contributed by atoms with Crippen LogP contribution in [0.3, 0.4) is 0 Å². The molecule has 2 aromatic carbocycles. The van der Waals surface area contributed by atoms with E-state index in [2.05, 4.69) is 74.9 Å². The molecular formula is C19H23BrN2OS. The van der Waals surface area contributed by atoms with Crippen molar-refractivity contribution in [3.8, 4) is 5.75 Å². The van der Waals surface area contributed by atoms with E-state index in [1.807, 2.05) is 0 Å². The lowest BCUT2D eigenvalue weighted by molar-refractivity contribution is 0.411. The molecule has 1 aliphatic rings. The highest BCUT2D eigenvalue weighted by molar-refractivity contribution is 9.10. The van der Waals surface area contributed by atoms with Crippen LogP contribution in [0.4, 0.5) is 11.4 Å². The van der Waals surface area contributed by atoms with Gasteiger partial charge in [-0.25, -0.2) is 0 Å². The number of methoxy groups -OCH3 is 1. The van der Waals surface area contributed by atoms with Gasteiger partial charge >= 0.3 is 0 Å². The van der Waals surface area contributed by atoms with E-state index in [0.717, 1.165) is 16.8 Å². The van der Waals surface area contributed by atoms with E-state index in [1.165, 1.54) is 35.5 Å². The molecule has 1 atom stereocenters. The summed E-state index contributed by atoms with van der Waals surface area (Å²) in [6.45, 7) is 3.21. The van der Waals surface area contributed by atoms with Crippen LogP contribution in [0, 0.1) is 0 Å². The van der Waals surface area contributed by atoms with Gasteiger partial charge in [-0.2, -0.15) is 0 Å². The van der Waals surface area contributed by atoms with Gasteiger partial charge in [0.25, 0.3) is 0 Å². The first-order chi connectivity index (χ1) is 11.7. The summed E-state index contributed by atoms with van der Waals surface area (Å²) in [6, 6.07) is 15.3. The fraction of sp³-hybridized carbons (Fsp3) is 0.368. The van der Waals surface area contributed by atoms with Crippen LogP contribution in [0.25, 0.3) is 0 Å². The maximum Gasteiger partial charge on any atom is 0.134 e. The largest absolute Gasteiger partial charge is 0.496 e. The lowest BCUT2D eigenvalue weighted by atomic mass is 10.1. The molecule has 1 unspecified atom stereocenters. The average molecular weight is 407 g/mol. The number of unbranched alkanes of at least 4 members (excludes halogenated alkanes) is 1. The van der Waals surface area contributed by atoms with E-state index < -0.39 is 0 Å². The van der Waals surface area contributed by atoms with Crippen LogP contribution in [-0.4, -0.2) is 19.7 Å². The number of benzene rings is 2. The van der Waals surface area contributed by atoms with Gasteiger partial charge in [0.1, 0.15) is 5.75 Å². The van der Waals surface area contributed by atoms with Crippen molar-refractivity contribution in [3.05, 3.63) is 46.9 Å². The summed E-state index contributed by atoms with van der Waals surface area (Å²) in [6.07, 6.45) is 3.64. The normalized spacial score (nSPS) is 17.3. The Labute approximate surface area is 157 Å². The van der Waals surface area contributed by atoms with Gasteiger partial charge < -0.3 is 9.64 Å². The minimum Gasteiger partial charge on any atom is -0.496 e. The third-order valence-corrected chi connectivity index (χ3v) is 5.85. The number of hydrogen-bond donors (Lipinski definition) is 1. The van der Waals surface area contributed by atoms with Gasteiger partial charge in [-0.15, -0.1) is 0 Å². The van der Waals surface area contributed by atoms with E-state index in [1.54, 1.807) is 19.1 Å². The molecule has 0 amide bonds.